The van der Waals surface area contributed by atoms with Crippen molar-refractivity contribution < 1.29 is 21.6 Å². The molecule has 0 heterocycles. The molecule has 1 rings (SSSR count). The molecule has 1 aromatic rings. The van der Waals surface area contributed by atoms with Crippen molar-refractivity contribution in [3.8, 4) is 0 Å². The van der Waals surface area contributed by atoms with Crippen LogP contribution in [0.15, 0.2) is 23.1 Å². The van der Waals surface area contributed by atoms with Gasteiger partial charge >= 0.3 is 6.18 Å². The Morgan fingerprint density at radius 3 is 2.10 bits per heavy atom. The Kier molecular flexibility index (Phi) is 6.07. The van der Waals surface area contributed by atoms with E-state index in [1.807, 2.05) is 0 Å². The molecule has 0 radical (unpaired) electrons. The van der Waals surface area contributed by atoms with Gasteiger partial charge in [-0.1, -0.05) is 25.4 Å². The number of rotatable bonds is 6. The number of alkyl halides is 3. The molecule has 0 aliphatic carbocycles. The molecule has 0 aromatic heterocycles. The van der Waals surface area contributed by atoms with Gasteiger partial charge in [-0.15, -0.1) is 0 Å². The molecule has 0 aliphatic rings. The molecule has 0 atom stereocenters. The number of hydrogen-bond donors (Lipinski definition) is 0. The summed E-state index contributed by atoms with van der Waals surface area (Å²) in [6, 6.07) is 2.66. The molecular formula is C13H17ClF3NO2S. The van der Waals surface area contributed by atoms with Gasteiger partial charge in [-0.05, 0) is 31.0 Å². The van der Waals surface area contributed by atoms with Gasteiger partial charge in [-0.3, -0.25) is 0 Å². The van der Waals surface area contributed by atoms with Gasteiger partial charge in [0.25, 0.3) is 0 Å². The van der Waals surface area contributed by atoms with Crippen LogP contribution in [0.4, 0.5) is 13.2 Å². The zero-order valence-corrected chi connectivity index (χ0v) is 13.3. The Morgan fingerprint density at radius 1 is 1.14 bits per heavy atom. The Balaban J connectivity index is 3.31. The highest BCUT2D eigenvalue weighted by atomic mass is 35.5. The second-order valence-corrected chi connectivity index (χ2v) is 6.89. The Bertz CT molecular complexity index is 582. The lowest BCUT2D eigenvalue weighted by atomic mass is 10.2. The maximum atomic E-state index is 12.8. The van der Waals surface area contributed by atoms with E-state index < -0.39 is 26.8 Å². The SMILES string of the molecule is CCCN(CCC)S(=O)(=O)c1ccc(Cl)c(C(F)(F)F)c1. The Labute approximate surface area is 127 Å². The van der Waals surface area contributed by atoms with Crippen LogP contribution in [0.3, 0.4) is 0 Å². The van der Waals surface area contributed by atoms with E-state index in [-0.39, 0.29) is 18.0 Å². The fraction of sp³-hybridized carbons (Fsp3) is 0.538. The molecule has 0 N–H and O–H groups in total. The van der Waals surface area contributed by atoms with Gasteiger partial charge in [0.15, 0.2) is 0 Å². The molecular weight excluding hydrogens is 327 g/mol. The molecule has 0 spiro atoms. The van der Waals surface area contributed by atoms with Crippen molar-refractivity contribution >= 4 is 21.6 Å². The topological polar surface area (TPSA) is 37.4 Å². The summed E-state index contributed by atoms with van der Waals surface area (Å²) in [6.07, 6.45) is -3.53. The van der Waals surface area contributed by atoms with Crippen LogP contribution in [-0.4, -0.2) is 25.8 Å². The Morgan fingerprint density at radius 2 is 1.67 bits per heavy atom. The maximum absolute atomic E-state index is 12.8. The molecule has 21 heavy (non-hydrogen) atoms. The zero-order valence-electron chi connectivity index (χ0n) is 11.7. The predicted octanol–water partition coefficient (Wildman–Crippen LogP) is 4.17. The van der Waals surface area contributed by atoms with E-state index in [0.29, 0.717) is 18.9 Å². The van der Waals surface area contributed by atoms with E-state index in [4.69, 9.17) is 11.6 Å². The van der Waals surface area contributed by atoms with Crippen LogP contribution in [0, 0.1) is 0 Å². The minimum absolute atomic E-state index is 0.264. The summed E-state index contributed by atoms with van der Waals surface area (Å²) >= 11 is 5.50. The van der Waals surface area contributed by atoms with Crippen molar-refractivity contribution in [3.63, 3.8) is 0 Å². The molecule has 0 saturated carbocycles. The molecule has 0 bridgehead atoms. The van der Waals surface area contributed by atoms with Crippen molar-refractivity contribution in [1.82, 2.24) is 4.31 Å². The summed E-state index contributed by atoms with van der Waals surface area (Å²) in [5, 5.41) is -0.515. The first-order chi connectivity index (χ1) is 9.64. The van der Waals surface area contributed by atoms with Gasteiger partial charge in [0.05, 0.1) is 15.5 Å². The molecule has 0 unspecified atom stereocenters. The second-order valence-electron chi connectivity index (χ2n) is 4.54. The third kappa shape index (κ3) is 4.34. The van der Waals surface area contributed by atoms with E-state index in [9.17, 15) is 21.6 Å². The van der Waals surface area contributed by atoms with Crippen molar-refractivity contribution in [3.05, 3.63) is 28.8 Å². The fourth-order valence-corrected chi connectivity index (χ4v) is 3.76. The number of hydrogen-bond acceptors (Lipinski definition) is 2. The van der Waals surface area contributed by atoms with Crippen LogP contribution in [0.2, 0.25) is 5.02 Å². The van der Waals surface area contributed by atoms with Gasteiger partial charge in [0.2, 0.25) is 10.0 Å². The standard InChI is InChI=1S/C13H17ClF3NO2S/c1-3-7-18(8-4-2)21(19,20)10-5-6-12(14)11(9-10)13(15,16)17/h5-6,9H,3-4,7-8H2,1-2H3. The number of nitrogens with zero attached hydrogens (tertiary/aromatic N) is 1. The molecule has 0 fully saturated rings. The lowest BCUT2D eigenvalue weighted by Gasteiger charge is -2.21. The summed E-state index contributed by atoms with van der Waals surface area (Å²) in [6.45, 7) is 4.14. The summed E-state index contributed by atoms with van der Waals surface area (Å²) in [4.78, 5) is -0.388. The lowest BCUT2D eigenvalue weighted by molar-refractivity contribution is -0.137. The highest BCUT2D eigenvalue weighted by molar-refractivity contribution is 7.89. The molecule has 1 aromatic carbocycles. The van der Waals surface area contributed by atoms with Gasteiger partial charge in [0.1, 0.15) is 0 Å². The van der Waals surface area contributed by atoms with Gasteiger partial charge in [-0.25, -0.2) is 8.42 Å². The Hall–Kier alpha value is -0.790. The van der Waals surface area contributed by atoms with Crippen LogP contribution in [0.1, 0.15) is 32.3 Å². The van der Waals surface area contributed by atoms with Crippen LogP contribution in [0.5, 0.6) is 0 Å². The fourth-order valence-electron chi connectivity index (χ4n) is 1.88. The number of sulfonamides is 1. The molecule has 8 heteroatoms. The first-order valence-electron chi connectivity index (χ1n) is 6.51. The van der Waals surface area contributed by atoms with E-state index in [0.717, 1.165) is 12.1 Å². The largest absolute Gasteiger partial charge is 0.417 e. The molecule has 0 aliphatic heterocycles. The van der Waals surface area contributed by atoms with Crippen molar-refractivity contribution in [2.45, 2.75) is 37.8 Å². The van der Waals surface area contributed by atoms with E-state index in [2.05, 4.69) is 0 Å². The molecule has 0 saturated heterocycles. The van der Waals surface area contributed by atoms with Crippen LogP contribution < -0.4 is 0 Å². The van der Waals surface area contributed by atoms with Gasteiger partial charge in [0, 0.05) is 13.1 Å². The predicted molar refractivity (Wildman–Crippen MR) is 75.8 cm³/mol. The third-order valence-corrected chi connectivity index (χ3v) is 5.05. The highest BCUT2D eigenvalue weighted by Gasteiger charge is 2.35. The van der Waals surface area contributed by atoms with E-state index in [1.54, 1.807) is 13.8 Å². The quantitative estimate of drug-likeness (QED) is 0.777. The van der Waals surface area contributed by atoms with Crippen LogP contribution in [0.25, 0.3) is 0 Å². The minimum atomic E-state index is -4.69. The maximum Gasteiger partial charge on any atom is 0.417 e. The average Bonchev–Trinajstić information content (AvgIpc) is 2.37. The summed E-state index contributed by atoms with van der Waals surface area (Å²) in [5.74, 6) is 0. The summed E-state index contributed by atoms with van der Waals surface area (Å²) in [5.41, 5.74) is -1.14. The van der Waals surface area contributed by atoms with Gasteiger partial charge < -0.3 is 0 Å². The molecule has 120 valence electrons. The third-order valence-electron chi connectivity index (χ3n) is 2.83. The highest BCUT2D eigenvalue weighted by Crippen LogP contribution is 2.36. The average molecular weight is 344 g/mol. The number of benzene rings is 1. The van der Waals surface area contributed by atoms with E-state index >= 15 is 0 Å². The van der Waals surface area contributed by atoms with Crippen molar-refractivity contribution in [2.75, 3.05) is 13.1 Å². The summed E-state index contributed by atoms with van der Waals surface area (Å²) < 4.78 is 64.5. The molecule has 3 nitrogen and oxygen atoms in total. The normalized spacial score (nSPS) is 12.9. The molecule has 0 amide bonds. The number of halogens is 4. The zero-order chi connectivity index (χ0) is 16.3. The lowest BCUT2D eigenvalue weighted by Crippen LogP contribution is -2.32. The monoisotopic (exact) mass is 343 g/mol. The van der Waals surface area contributed by atoms with Crippen LogP contribution in [-0.2, 0) is 16.2 Å². The van der Waals surface area contributed by atoms with Crippen molar-refractivity contribution in [2.24, 2.45) is 0 Å². The van der Waals surface area contributed by atoms with Gasteiger partial charge in [-0.2, -0.15) is 17.5 Å². The first kappa shape index (κ1) is 18.3. The van der Waals surface area contributed by atoms with Crippen molar-refractivity contribution in [1.29, 1.82) is 0 Å². The van der Waals surface area contributed by atoms with Crippen LogP contribution >= 0.6 is 11.6 Å². The minimum Gasteiger partial charge on any atom is -0.207 e. The second kappa shape index (κ2) is 6.98. The smallest absolute Gasteiger partial charge is 0.207 e. The summed E-state index contributed by atoms with van der Waals surface area (Å²) in [7, 11) is -3.95. The first-order valence-corrected chi connectivity index (χ1v) is 8.33. The van der Waals surface area contributed by atoms with E-state index in [1.165, 1.54) is 4.31 Å².